The maximum absolute atomic E-state index is 10.9. The minimum Gasteiger partial charge on any atom is -0.463 e. The van der Waals surface area contributed by atoms with E-state index < -0.39 is 0 Å². The Morgan fingerprint density at radius 1 is 0.769 bits per heavy atom. The summed E-state index contributed by atoms with van der Waals surface area (Å²) in [5.74, 6) is -0.580. The normalized spacial score (nSPS) is 9.65. The highest BCUT2D eigenvalue weighted by Gasteiger charge is 2.01. The average Bonchev–Trinajstić information content (AvgIpc) is 2.63. The van der Waals surface area contributed by atoms with E-state index in [1.807, 2.05) is 0 Å². The summed E-state index contributed by atoms with van der Waals surface area (Å²) in [6.45, 7) is 14.0. The summed E-state index contributed by atoms with van der Waals surface area (Å²) in [6.07, 6.45) is 14.3. The van der Waals surface area contributed by atoms with Crippen molar-refractivity contribution in [1.82, 2.24) is 0 Å². The minimum atomic E-state index is -0.312. The van der Waals surface area contributed by atoms with Crippen LogP contribution in [0.15, 0.2) is 24.8 Å². The Morgan fingerprint density at radius 2 is 1.19 bits per heavy atom. The molecule has 0 aromatic rings. The summed E-state index contributed by atoms with van der Waals surface area (Å²) < 4.78 is 9.79. The van der Waals surface area contributed by atoms with E-state index in [1.165, 1.54) is 51.0 Å². The fraction of sp³-hybridized carbons (Fsp3) is 0.727. The molecule has 0 saturated heterocycles. The van der Waals surface area contributed by atoms with E-state index in [9.17, 15) is 9.59 Å². The van der Waals surface area contributed by atoms with Crippen LogP contribution in [0, 0.1) is 0 Å². The molecule has 0 saturated carbocycles. The molecule has 0 aliphatic heterocycles. The molecule has 0 aliphatic rings. The fourth-order valence-electron chi connectivity index (χ4n) is 2.11. The van der Waals surface area contributed by atoms with Crippen LogP contribution in [-0.4, -0.2) is 25.2 Å². The van der Waals surface area contributed by atoms with Crippen LogP contribution in [0.25, 0.3) is 0 Å². The van der Waals surface area contributed by atoms with Gasteiger partial charge in [-0.2, -0.15) is 0 Å². The van der Waals surface area contributed by atoms with Crippen LogP contribution >= 0.6 is 0 Å². The standard InChI is InChI=1S/2C11H20O2/c1-4-5-6-7-8-9-13-11(12)10(2)3;1-3-5-6-7-8-9-10-13-11(12)4-2/h2,4-9H2,1,3H3;4H,2-3,5-10H2,1H3. The molecule has 0 aromatic carbocycles. The van der Waals surface area contributed by atoms with Crippen LogP contribution in [0.3, 0.4) is 0 Å². The van der Waals surface area contributed by atoms with Crippen molar-refractivity contribution in [2.75, 3.05) is 13.2 Å². The minimum absolute atomic E-state index is 0.268. The van der Waals surface area contributed by atoms with Crippen molar-refractivity contribution in [1.29, 1.82) is 0 Å². The van der Waals surface area contributed by atoms with Crippen LogP contribution in [0.4, 0.5) is 0 Å². The van der Waals surface area contributed by atoms with E-state index in [4.69, 9.17) is 9.47 Å². The van der Waals surface area contributed by atoms with E-state index in [0.717, 1.165) is 25.7 Å². The summed E-state index contributed by atoms with van der Waals surface area (Å²) in [6, 6.07) is 0. The number of hydrogen-bond donors (Lipinski definition) is 0. The molecule has 26 heavy (non-hydrogen) atoms. The van der Waals surface area contributed by atoms with Gasteiger partial charge in [0, 0.05) is 11.6 Å². The summed E-state index contributed by atoms with van der Waals surface area (Å²) >= 11 is 0. The van der Waals surface area contributed by atoms with Crippen molar-refractivity contribution in [3.05, 3.63) is 24.8 Å². The molecule has 0 aromatic heterocycles. The summed E-state index contributed by atoms with van der Waals surface area (Å²) in [5, 5.41) is 0. The van der Waals surface area contributed by atoms with Crippen LogP contribution in [0.2, 0.25) is 0 Å². The molecule has 0 rings (SSSR count). The Bertz CT molecular complexity index is 372. The molecule has 0 radical (unpaired) electrons. The first-order valence-corrected chi connectivity index (χ1v) is 10.1. The first kappa shape index (κ1) is 26.6. The maximum Gasteiger partial charge on any atom is 0.333 e. The van der Waals surface area contributed by atoms with Crippen molar-refractivity contribution in [3.8, 4) is 0 Å². The summed E-state index contributed by atoms with van der Waals surface area (Å²) in [5.41, 5.74) is 0.480. The number of carbonyl (C=O) groups is 2. The van der Waals surface area contributed by atoms with E-state index >= 15 is 0 Å². The molecular formula is C22H40O4. The van der Waals surface area contributed by atoms with Crippen molar-refractivity contribution in [2.24, 2.45) is 0 Å². The lowest BCUT2D eigenvalue weighted by Crippen LogP contribution is -2.05. The monoisotopic (exact) mass is 368 g/mol. The topological polar surface area (TPSA) is 52.6 Å². The molecule has 0 amide bonds. The molecule has 0 fully saturated rings. The van der Waals surface area contributed by atoms with Gasteiger partial charge in [-0.25, -0.2) is 9.59 Å². The molecule has 0 atom stereocenters. The zero-order valence-corrected chi connectivity index (χ0v) is 17.3. The lowest BCUT2D eigenvalue weighted by molar-refractivity contribution is -0.139. The second-order valence-electron chi connectivity index (χ2n) is 6.47. The van der Waals surface area contributed by atoms with Gasteiger partial charge in [-0.3, -0.25) is 0 Å². The Hall–Kier alpha value is -1.58. The highest BCUT2D eigenvalue weighted by Crippen LogP contribution is 2.05. The first-order chi connectivity index (χ1) is 12.5. The van der Waals surface area contributed by atoms with E-state index in [-0.39, 0.29) is 11.9 Å². The van der Waals surface area contributed by atoms with Crippen molar-refractivity contribution < 1.29 is 19.1 Å². The fourth-order valence-corrected chi connectivity index (χ4v) is 2.11. The SMILES string of the molecule is C=C(C)C(=O)OCCCCCCC.C=CC(=O)OCCCCCCCC. The maximum atomic E-state index is 10.9. The van der Waals surface area contributed by atoms with Gasteiger partial charge >= 0.3 is 11.9 Å². The number of unbranched alkanes of at least 4 members (excludes halogenated alkanes) is 9. The smallest absolute Gasteiger partial charge is 0.333 e. The molecule has 4 heteroatoms. The number of esters is 2. The molecule has 0 unspecified atom stereocenters. The average molecular weight is 369 g/mol. The first-order valence-electron chi connectivity index (χ1n) is 10.1. The third-order valence-electron chi connectivity index (χ3n) is 3.74. The van der Waals surface area contributed by atoms with E-state index in [0.29, 0.717) is 18.8 Å². The summed E-state index contributed by atoms with van der Waals surface area (Å²) in [4.78, 5) is 21.5. The summed E-state index contributed by atoms with van der Waals surface area (Å²) in [7, 11) is 0. The Kier molecular flexibility index (Phi) is 22.0. The van der Waals surface area contributed by atoms with Gasteiger partial charge in [0.25, 0.3) is 0 Å². The highest BCUT2D eigenvalue weighted by atomic mass is 16.5. The Labute approximate surface area is 161 Å². The molecule has 152 valence electrons. The van der Waals surface area contributed by atoms with Gasteiger partial charge in [0.1, 0.15) is 0 Å². The quantitative estimate of drug-likeness (QED) is 0.197. The third-order valence-corrected chi connectivity index (χ3v) is 3.74. The van der Waals surface area contributed by atoms with Crippen molar-refractivity contribution in [3.63, 3.8) is 0 Å². The lowest BCUT2D eigenvalue weighted by atomic mass is 10.1. The van der Waals surface area contributed by atoms with Crippen LogP contribution in [-0.2, 0) is 19.1 Å². The van der Waals surface area contributed by atoms with Crippen LogP contribution in [0.1, 0.15) is 91.4 Å². The molecule has 0 N–H and O–H groups in total. The zero-order valence-electron chi connectivity index (χ0n) is 17.3. The molecule has 0 aliphatic carbocycles. The van der Waals surface area contributed by atoms with Gasteiger partial charge in [-0.15, -0.1) is 0 Å². The third kappa shape index (κ3) is 22.4. The van der Waals surface area contributed by atoms with Gasteiger partial charge in [-0.1, -0.05) is 84.8 Å². The number of rotatable bonds is 15. The predicted octanol–water partition coefficient (Wildman–Crippen LogP) is 6.15. The van der Waals surface area contributed by atoms with Crippen LogP contribution in [0.5, 0.6) is 0 Å². The van der Waals surface area contributed by atoms with E-state index in [1.54, 1.807) is 6.92 Å². The van der Waals surface area contributed by atoms with Crippen molar-refractivity contribution >= 4 is 11.9 Å². The van der Waals surface area contributed by atoms with Gasteiger partial charge in [-0.05, 0) is 19.8 Å². The Morgan fingerprint density at radius 3 is 1.62 bits per heavy atom. The van der Waals surface area contributed by atoms with Gasteiger partial charge in [0.05, 0.1) is 13.2 Å². The second kappa shape index (κ2) is 21.5. The van der Waals surface area contributed by atoms with Gasteiger partial charge in [0.2, 0.25) is 0 Å². The second-order valence-corrected chi connectivity index (χ2v) is 6.47. The highest BCUT2D eigenvalue weighted by molar-refractivity contribution is 5.86. The lowest BCUT2D eigenvalue weighted by Gasteiger charge is -2.03. The number of carbonyl (C=O) groups excluding carboxylic acids is 2. The van der Waals surface area contributed by atoms with E-state index in [2.05, 4.69) is 27.0 Å². The molecule has 0 spiro atoms. The molecule has 4 nitrogen and oxygen atoms in total. The number of ether oxygens (including phenoxy) is 2. The number of hydrogen-bond acceptors (Lipinski definition) is 4. The molecule has 0 heterocycles. The van der Waals surface area contributed by atoms with Gasteiger partial charge < -0.3 is 9.47 Å². The van der Waals surface area contributed by atoms with Crippen molar-refractivity contribution in [2.45, 2.75) is 91.4 Å². The predicted molar refractivity (Wildman–Crippen MR) is 109 cm³/mol. The zero-order chi connectivity index (χ0) is 20.0. The van der Waals surface area contributed by atoms with Gasteiger partial charge in [0.15, 0.2) is 0 Å². The Balaban J connectivity index is 0. The molecule has 0 bridgehead atoms. The molecular weight excluding hydrogens is 328 g/mol. The largest absolute Gasteiger partial charge is 0.463 e. The van der Waals surface area contributed by atoms with Crippen LogP contribution < -0.4 is 0 Å².